The third-order valence-corrected chi connectivity index (χ3v) is 4.65. The first-order valence-electron chi connectivity index (χ1n) is 9.21. The van der Waals surface area contributed by atoms with Crippen LogP contribution in [0.2, 0.25) is 0 Å². The minimum absolute atomic E-state index is 0.0163. The van der Waals surface area contributed by atoms with Gasteiger partial charge in [0.2, 0.25) is 5.95 Å². The number of hydrogen-bond acceptors (Lipinski definition) is 4. The number of aryl methyl sites for hydroxylation is 1. The molecule has 4 aromatic rings. The molecule has 0 atom stereocenters. The molecular formula is C21H20FN5O. The largest absolute Gasteiger partial charge is 0.326 e. The highest BCUT2D eigenvalue weighted by Crippen LogP contribution is 2.22. The Morgan fingerprint density at radius 3 is 2.79 bits per heavy atom. The smallest absolute Gasteiger partial charge is 0.213 e. The lowest BCUT2D eigenvalue weighted by atomic mass is 10.1. The van der Waals surface area contributed by atoms with Gasteiger partial charge in [-0.25, -0.2) is 15.0 Å². The van der Waals surface area contributed by atoms with Crippen molar-refractivity contribution in [1.29, 1.82) is 0 Å². The summed E-state index contributed by atoms with van der Waals surface area (Å²) in [7, 11) is 0. The van der Waals surface area contributed by atoms with Crippen LogP contribution in [0, 0.1) is 5.95 Å². The number of carbonyl (C=O) groups excluding carboxylic acids is 1. The van der Waals surface area contributed by atoms with E-state index in [-0.39, 0.29) is 5.78 Å². The van der Waals surface area contributed by atoms with Crippen LogP contribution in [0.1, 0.15) is 36.5 Å². The SMILES string of the molecule is CCCn1c(Cn2ccnc2-c2cccc(F)n2)nc2cc(C(C)=O)ccc21. The quantitative estimate of drug-likeness (QED) is 0.375. The molecular weight excluding hydrogens is 357 g/mol. The van der Waals surface area contributed by atoms with Gasteiger partial charge in [-0.05, 0) is 43.7 Å². The molecule has 0 saturated heterocycles. The van der Waals surface area contributed by atoms with E-state index < -0.39 is 5.95 Å². The molecule has 0 saturated carbocycles. The van der Waals surface area contributed by atoms with Crippen LogP contribution in [0.5, 0.6) is 0 Å². The Morgan fingerprint density at radius 2 is 2.04 bits per heavy atom. The van der Waals surface area contributed by atoms with E-state index in [2.05, 4.69) is 21.5 Å². The zero-order valence-corrected chi connectivity index (χ0v) is 15.8. The Bertz CT molecular complexity index is 1160. The molecule has 0 aliphatic carbocycles. The Kier molecular flexibility index (Phi) is 4.73. The van der Waals surface area contributed by atoms with Crippen molar-refractivity contribution in [1.82, 2.24) is 24.1 Å². The molecule has 142 valence electrons. The molecule has 0 aliphatic rings. The number of nitrogens with zero attached hydrogens (tertiary/aromatic N) is 5. The van der Waals surface area contributed by atoms with E-state index in [1.807, 2.05) is 29.0 Å². The van der Waals surface area contributed by atoms with Crippen LogP contribution in [0.4, 0.5) is 4.39 Å². The molecule has 0 radical (unpaired) electrons. The van der Waals surface area contributed by atoms with Gasteiger partial charge in [-0.3, -0.25) is 4.79 Å². The second-order valence-corrected chi connectivity index (χ2v) is 6.66. The summed E-state index contributed by atoms with van der Waals surface area (Å²) in [6, 6.07) is 10.3. The fourth-order valence-corrected chi connectivity index (χ4v) is 3.35. The second-order valence-electron chi connectivity index (χ2n) is 6.66. The van der Waals surface area contributed by atoms with Crippen molar-refractivity contribution in [3.05, 3.63) is 66.1 Å². The Balaban J connectivity index is 1.77. The van der Waals surface area contributed by atoms with Crippen LogP contribution < -0.4 is 0 Å². The highest BCUT2D eigenvalue weighted by atomic mass is 19.1. The molecule has 6 nitrogen and oxygen atoms in total. The molecule has 0 aliphatic heterocycles. The lowest BCUT2D eigenvalue weighted by molar-refractivity contribution is 0.101. The predicted octanol–water partition coefficient (Wildman–Crippen LogP) is 4.09. The lowest BCUT2D eigenvalue weighted by Gasteiger charge is -2.10. The molecule has 4 rings (SSSR count). The van der Waals surface area contributed by atoms with E-state index in [1.54, 1.807) is 25.3 Å². The van der Waals surface area contributed by atoms with E-state index in [0.717, 1.165) is 29.8 Å². The zero-order valence-electron chi connectivity index (χ0n) is 15.8. The number of benzene rings is 1. The topological polar surface area (TPSA) is 65.6 Å². The fourth-order valence-electron chi connectivity index (χ4n) is 3.35. The van der Waals surface area contributed by atoms with Crippen LogP contribution in [0.3, 0.4) is 0 Å². The maximum absolute atomic E-state index is 13.5. The minimum atomic E-state index is -0.540. The van der Waals surface area contributed by atoms with Gasteiger partial charge in [0, 0.05) is 24.5 Å². The maximum atomic E-state index is 13.5. The number of carbonyl (C=O) groups is 1. The predicted molar refractivity (Wildman–Crippen MR) is 105 cm³/mol. The summed E-state index contributed by atoms with van der Waals surface area (Å²) < 4.78 is 17.6. The van der Waals surface area contributed by atoms with Crippen molar-refractivity contribution in [3.8, 4) is 11.5 Å². The van der Waals surface area contributed by atoms with Gasteiger partial charge in [0.25, 0.3) is 0 Å². The summed E-state index contributed by atoms with van der Waals surface area (Å²) >= 11 is 0. The lowest BCUT2D eigenvalue weighted by Crippen LogP contribution is -2.10. The van der Waals surface area contributed by atoms with E-state index >= 15 is 0 Å². The van der Waals surface area contributed by atoms with Crippen molar-refractivity contribution in [2.45, 2.75) is 33.4 Å². The highest BCUT2D eigenvalue weighted by Gasteiger charge is 2.15. The minimum Gasteiger partial charge on any atom is -0.326 e. The average Bonchev–Trinajstić information content (AvgIpc) is 3.27. The number of imidazole rings is 2. The van der Waals surface area contributed by atoms with Gasteiger partial charge >= 0.3 is 0 Å². The third-order valence-electron chi connectivity index (χ3n) is 4.65. The first kappa shape index (κ1) is 18.0. The second kappa shape index (κ2) is 7.34. The van der Waals surface area contributed by atoms with E-state index in [0.29, 0.717) is 23.6 Å². The van der Waals surface area contributed by atoms with Crippen LogP contribution in [0.25, 0.3) is 22.6 Å². The van der Waals surface area contributed by atoms with Crippen LogP contribution in [-0.2, 0) is 13.1 Å². The monoisotopic (exact) mass is 377 g/mol. The first-order valence-corrected chi connectivity index (χ1v) is 9.21. The number of halogens is 1. The molecule has 3 heterocycles. The fraction of sp³-hybridized carbons (Fsp3) is 0.238. The Hall–Kier alpha value is -3.35. The first-order chi connectivity index (χ1) is 13.6. The van der Waals surface area contributed by atoms with Crippen LogP contribution in [0.15, 0.2) is 48.8 Å². The van der Waals surface area contributed by atoms with Crippen LogP contribution >= 0.6 is 0 Å². The summed E-state index contributed by atoms with van der Waals surface area (Å²) in [5.74, 6) is 0.914. The highest BCUT2D eigenvalue weighted by molar-refractivity contribution is 5.97. The number of aromatic nitrogens is 5. The molecule has 0 unspecified atom stereocenters. The van der Waals surface area contributed by atoms with Crippen molar-refractivity contribution in [2.75, 3.05) is 0 Å². The number of fused-ring (bicyclic) bond motifs is 1. The summed E-state index contributed by atoms with van der Waals surface area (Å²) in [4.78, 5) is 24.8. The molecule has 3 aromatic heterocycles. The molecule has 28 heavy (non-hydrogen) atoms. The van der Waals surface area contributed by atoms with Gasteiger partial charge in [0.15, 0.2) is 11.6 Å². The summed E-state index contributed by atoms with van der Waals surface area (Å²) in [6.07, 6.45) is 4.45. The summed E-state index contributed by atoms with van der Waals surface area (Å²) in [5.41, 5.74) is 2.91. The van der Waals surface area contributed by atoms with Crippen molar-refractivity contribution in [3.63, 3.8) is 0 Å². The van der Waals surface area contributed by atoms with Crippen molar-refractivity contribution in [2.24, 2.45) is 0 Å². The van der Waals surface area contributed by atoms with Crippen molar-refractivity contribution < 1.29 is 9.18 Å². The molecule has 0 amide bonds. The molecule has 0 bridgehead atoms. The third kappa shape index (κ3) is 3.31. The van der Waals surface area contributed by atoms with Gasteiger partial charge in [-0.15, -0.1) is 0 Å². The molecule has 0 fully saturated rings. The van der Waals surface area contributed by atoms with Crippen molar-refractivity contribution >= 4 is 16.8 Å². The normalized spacial score (nSPS) is 11.2. The van der Waals surface area contributed by atoms with Gasteiger partial charge < -0.3 is 9.13 Å². The summed E-state index contributed by atoms with van der Waals surface area (Å²) in [5, 5.41) is 0. The molecule has 1 aromatic carbocycles. The number of hydrogen-bond donors (Lipinski definition) is 0. The Morgan fingerprint density at radius 1 is 1.18 bits per heavy atom. The van der Waals surface area contributed by atoms with Gasteiger partial charge in [0.05, 0.1) is 17.6 Å². The number of pyridine rings is 1. The maximum Gasteiger partial charge on any atom is 0.213 e. The van der Waals surface area contributed by atoms with Crippen LogP contribution in [-0.4, -0.2) is 29.9 Å². The molecule has 7 heteroatoms. The summed E-state index contributed by atoms with van der Waals surface area (Å²) in [6.45, 7) is 4.94. The van der Waals surface area contributed by atoms with E-state index in [1.165, 1.54) is 6.07 Å². The number of rotatable bonds is 6. The zero-order chi connectivity index (χ0) is 19.7. The van der Waals surface area contributed by atoms with Gasteiger partial charge in [0.1, 0.15) is 11.5 Å². The standard InChI is InChI=1S/C21H20FN5O/c1-3-10-27-18-8-7-15(14(2)28)12-17(18)25-20(27)13-26-11-9-23-21(26)16-5-4-6-19(22)24-16/h4-9,11-12H,3,10,13H2,1-2H3. The van der Waals surface area contributed by atoms with E-state index in [4.69, 9.17) is 4.98 Å². The molecule has 0 N–H and O–H groups in total. The Labute approximate surface area is 161 Å². The molecule has 0 spiro atoms. The van der Waals surface area contributed by atoms with E-state index in [9.17, 15) is 9.18 Å². The van der Waals surface area contributed by atoms with Gasteiger partial charge in [-0.2, -0.15) is 4.39 Å². The average molecular weight is 377 g/mol. The van der Waals surface area contributed by atoms with Gasteiger partial charge in [-0.1, -0.05) is 13.0 Å². The number of ketones is 1. The number of Topliss-reactive ketones (excluding diaryl/α,β-unsaturated/α-hetero) is 1.